The summed E-state index contributed by atoms with van der Waals surface area (Å²) in [5.74, 6) is -1.15. The number of hydrogen-bond donors (Lipinski definition) is 2. The molecule has 1 amide bonds. The van der Waals surface area contributed by atoms with Gasteiger partial charge in [0.05, 0.1) is 17.5 Å². The van der Waals surface area contributed by atoms with Gasteiger partial charge < -0.3 is 10.4 Å². The van der Waals surface area contributed by atoms with Crippen molar-refractivity contribution in [1.29, 1.82) is 0 Å². The number of carbonyl (C=O) groups excluding carboxylic acids is 1. The van der Waals surface area contributed by atoms with Crippen LogP contribution in [0.4, 0.5) is 0 Å². The largest absolute Gasteiger partial charge is 0.481 e. The van der Waals surface area contributed by atoms with E-state index in [1.807, 2.05) is 0 Å². The Morgan fingerprint density at radius 1 is 1.43 bits per heavy atom. The zero-order valence-electron chi connectivity index (χ0n) is 11.7. The quantitative estimate of drug-likeness (QED) is 0.878. The lowest BCUT2D eigenvalue weighted by atomic mass is 9.74. The molecule has 0 bridgehead atoms. The first-order valence-electron chi connectivity index (χ1n) is 6.83. The molecule has 7 heteroatoms. The normalized spacial score (nSPS) is 16.4. The summed E-state index contributed by atoms with van der Waals surface area (Å²) >= 11 is 0. The van der Waals surface area contributed by atoms with E-state index in [4.69, 9.17) is 5.11 Å². The first-order valence-corrected chi connectivity index (χ1v) is 6.83. The molecule has 0 spiro atoms. The van der Waals surface area contributed by atoms with Gasteiger partial charge in [0.2, 0.25) is 0 Å². The first kappa shape index (κ1) is 13.5. The van der Waals surface area contributed by atoms with Crippen molar-refractivity contribution in [2.75, 3.05) is 0 Å². The number of carbonyl (C=O) groups is 2. The molecule has 1 aliphatic carbocycles. The van der Waals surface area contributed by atoms with E-state index in [2.05, 4.69) is 15.6 Å². The Kier molecular flexibility index (Phi) is 3.12. The molecule has 1 aromatic carbocycles. The van der Waals surface area contributed by atoms with E-state index in [1.165, 1.54) is 0 Å². The Morgan fingerprint density at radius 3 is 2.81 bits per heavy atom. The Balaban J connectivity index is 1.81. The first-order chi connectivity index (χ1) is 9.99. The van der Waals surface area contributed by atoms with Crippen LogP contribution in [0, 0.1) is 0 Å². The number of aryl methyl sites for hydroxylation is 1. The summed E-state index contributed by atoms with van der Waals surface area (Å²) < 4.78 is 1.63. The van der Waals surface area contributed by atoms with Gasteiger partial charge in [-0.15, -0.1) is 5.10 Å². The van der Waals surface area contributed by atoms with Crippen molar-refractivity contribution < 1.29 is 14.7 Å². The van der Waals surface area contributed by atoms with Crippen LogP contribution in [0.15, 0.2) is 18.2 Å². The number of rotatable bonds is 4. The number of amides is 1. The lowest BCUT2D eigenvalue weighted by Gasteiger charge is -2.41. The Morgan fingerprint density at radius 2 is 2.19 bits per heavy atom. The maximum absolute atomic E-state index is 12.3. The predicted octanol–water partition coefficient (Wildman–Crippen LogP) is 1.10. The van der Waals surface area contributed by atoms with Crippen molar-refractivity contribution in [3.8, 4) is 0 Å². The maximum atomic E-state index is 12.3. The van der Waals surface area contributed by atoms with E-state index < -0.39 is 11.5 Å². The van der Waals surface area contributed by atoms with Crippen LogP contribution >= 0.6 is 0 Å². The second kappa shape index (κ2) is 4.83. The van der Waals surface area contributed by atoms with Crippen LogP contribution in [-0.2, 0) is 11.8 Å². The fourth-order valence-electron chi connectivity index (χ4n) is 2.73. The highest BCUT2D eigenvalue weighted by Gasteiger charge is 2.40. The van der Waals surface area contributed by atoms with Crippen LogP contribution in [0.5, 0.6) is 0 Å². The highest BCUT2D eigenvalue weighted by molar-refractivity contribution is 5.98. The molecule has 110 valence electrons. The van der Waals surface area contributed by atoms with Gasteiger partial charge in [-0.1, -0.05) is 5.21 Å². The molecule has 21 heavy (non-hydrogen) atoms. The van der Waals surface area contributed by atoms with Crippen LogP contribution in [0.2, 0.25) is 0 Å². The van der Waals surface area contributed by atoms with Crippen LogP contribution in [0.3, 0.4) is 0 Å². The molecule has 0 saturated heterocycles. The summed E-state index contributed by atoms with van der Waals surface area (Å²) in [5.41, 5.74) is 1.36. The molecular formula is C14H16N4O3. The second-order valence-electron chi connectivity index (χ2n) is 5.58. The molecule has 7 nitrogen and oxygen atoms in total. The topological polar surface area (TPSA) is 97.1 Å². The fraction of sp³-hybridized carbons (Fsp3) is 0.429. The molecule has 1 fully saturated rings. The van der Waals surface area contributed by atoms with Crippen molar-refractivity contribution in [2.45, 2.75) is 31.2 Å². The van der Waals surface area contributed by atoms with Crippen molar-refractivity contribution in [3.63, 3.8) is 0 Å². The standard InChI is InChI=1S/C14H16N4O3/c1-18-11-4-3-9(7-10(11)16-17-18)13(21)15-14(5-2-6-14)8-12(19)20/h3-4,7H,2,5-6,8H2,1H3,(H,15,21)(H,19,20). The monoisotopic (exact) mass is 288 g/mol. The molecule has 0 radical (unpaired) electrons. The van der Waals surface area contributed by atoms with Crippen molar-refractivity contribution >= 4 is 22.9 Å². The Labute approximate surface area is 120 Å². The Hall–Kier alpha value is -2.44. The van der Waals surface area contributed by atoms with Gasteiger partial charge in [0.25, 0.3) is 5.91 Å². The summed E-state index contributed by atoms with van der Waals surface area (Å²) in [6.07, 6.45) is 2.32. The number of carboxylic acid groups (broad SMARTS) is 1. The number of fused-ring (bicyclic) bond motifs is 1. The van der Waals surface area contributed by atoms with Gasteiger partial charge in [-0.3, -0.25) is 9.59 Å². The van der Waals surface area contributed by atoms with E-state index in [1.54, 1.807) is 29.9 Å². The van der Waals surface area contributed by atoms with Crippen molar-refractivity contribution in [2.24, 2.45) is 7.05 Å². The van der Waals surface area contributed by atoms with Gasteiger partial charge in [-0.05, 0) is 37.5 Å². The molecule has 3 rings (SSSR count). The summed E-state index contributed by atoms with van der Waals surface area (Å²) in [7, 11) is 1.78. The number of benzene rings is 1. The van der Waals surface area contributed by atoms with Crippen molar-refractivity contribution in [3.05, 3.63) is 23.8 Å². The zero-order chi connectivity index (χ0) is 15.0. The number of nitrogens with zero attached hydrogens (tertiary/aromatic N) is 3. The zero-order valence-corrected chi connectivity index (χ0v) is 11.7. The number of nitrogens with one attached hydrogen (secondary N) is 1. The minimum atomic E-state index is -0.889. The fourth-order valence-corrected chi connectivity index (χ4v) is 2.73. The smallest absolute Gasteiger partial charge is 0.305 e. The average Bonchev–Trinajstić information content (AvgIpc) is 2.77. The molecule has 2 aromatic rings. The third-order valence-corrected chi connectivity index (χ3v) is 4.05. The molecule has 1 aromatic heterocycles. The number of hydrogen-bond acceptors (Lipinski definition) is 4. The van der Waals surface area contributed by atoms with E-state index in [0.717, 1.165) is 11.9 Å². The average molecular weight is 288 g/mol. The van der Waals surface area contributed by atoms with Crippen molar-refractivity contribution in [1.82, 2.24) is 20.3 Å². The summed E-state index contributed by atoms with van der Waals surface area (Å²) in [6, 6.07) is 5.16. The van der Waals surface area contributed by atoms with Gasteiger partial charge in [0.15, 0.2) is 0 Å². The minimum Gasteiger partial charge on any atom is -0.481 e. The SMILES string of the molecule is Cn1nnc2cc(C(=O)NC3(CC(=O)O)CCC3)ccc21. The third-order valence-electron chi connectivity index (χ3n) is 4.05. The van der Waals surface area contributed by atoms with E-state index in [-0.39, 0.29) is 12.3 Å². The molecular weight excluding hydrogens is 272 g/mol. The van der Waals surface area contributed by atoms with Gasteiger partial charge >= 0.3 is 5.97 Å². The number of carboxylic acids is 1. The number of aliphatic carboxylic acids is 1. The van der Waals surface area contributed by atoms with Gasteiger partial charge in [0.1, 0.15) is 5.52 Å². The van der Waals surface area contributed by atoms with Crippen LogP contribution in [0.25, 0.3) is 11.0 Å². The summed E-state index contributed by atoms with van der Waals surface area (Å²) in [5, 5.41) is 19.7. The summed E-state index contributed by atoms with van der Waals surface area (Å²) in [6.45, 7) is 0. The molecule has 0 aliphatic heterocycles. The molecule has 2 N–H and O–H groups in total. The molecule has 1 saturated carbocycles. The van der Waals surface area contributed by atoms with E-state index >= 15 is 0 Å². The number of aromatic nitrogens is 3. The van der Waals surface area contributed by atoms with Gasteiger partial charge in [0, 0.05) is 12.6 Å². The van der Waals surface area contributed by atoms with Crippen LogP contribution in [-0.4, -0.2) is 37.5 Å². The third kappa shape index (κ3) is 2.46. The lowest BCUT2D eigenvalue weighted by Crippen LogP contribution is -2.54. The predicted molar refractivity (Wildman–Crippen MR) is 74.8 cm³/mol. The minimum absolute atomic E-state index is 0.0356. The van der Waals surface area contributed by atoms with Gasteiger partial charge in [-0.2, -0.15) is 0 Å². The van der Waals surface area contributed by atoms with E-state index in [0.29, 0.717) is 23.9 Å². The molecule has 0 unspecified atom stereocenters. The highest BCUT2D eigenvalue weighted by Crippen LogP contribution is 2.35. The lowest BCUT2D eigenvalue weighted by molar-refractivity contribution is -0.139. The molecule has 1 aliphatic rings. The van der Waals surface area contributed by atoms with E-state index in [9.17, 15) is 9.59 Å². The Bertz CT molecular complexity index is 718. The maximum Gasteiger partial charge on any atom is 0.305 e. The molecule has 1 heterocycles. The summed E-state index contributed by atoms with van der Waals surface area (Å²) in [4.78, 5) is 23.3. The van der Waals surface area contributed by atoms with Crippen LogP contribution in [0.1, 0.15) is 36.0 Å². The van der Waals surface area contributed by atoms with Gasteiger partial charge in [-0.25, -0.2) is 4.68 Å². The molecule has 0 atom stereocenters. The van der Waals surface area contributed by atoms with Crippen LogP contribution < -0.4 is 5.32 Å². The second-order valence-corrected chi connectivity index (χ2v) is 5.58. The highest BCUT2D eigenvalue weighted by atomic mass is 16.4.